The number of carbonyl (C=O) groups excluding carboxylic acids is 2. The summed E-state index contributed by atoms with van der Waals surface area (Å²) in [6.07, 6.45) is 1.97. The zero-order valence-electron chi connectivity index (χ0n) is 14.1. The molecular weight excluding hydrogens is 278 g/mol. The molecular formula is C17H29N3O2. The van der Waals surface area contributed by atoms with Crippen LogP contribution in [0.1, 0.15) is 39.7 Å². The summed E-state index contributed by atoms with van der Waals surface area (Å²) >= 11 is 0. The Hall–Kier alpha value is -1.88. The Labute approximate surface area is 133 Å². The van der Waals surface area contributed by atoms with E-state index in [1.54, 1.807) is 6.07 Å². The molecule has 0 heterocycles. The first-order valence-corrected chi connectivity index (χ1v) is 7.74. The van der Waals surface area contributed by atoms with Crippen LogP contribution in [0, 0.1) is 5.92 Å². The normalized spacial score (nSPS) is 9.73. The molecule has 124 valence electrons. The summed E-state index contributed by atoms with van der Waals surface area (Å²) in [6, 6.07) is 7.32. The summed E-state index contributed by atoms with van der Waals surface area (Å²) in [7, 11) is 0. The van der Waals surface area contributed by atoms with Crippen LogP contribution >= 0.6 is 0 Å². The number of carbonyl (C=O) groups is 2. The first kappa shape index (κ1) is 20.1. The molecule has 1 rings (SSSR count). The standard InChI is InChI=1S/C12H17N3O2.C5H12/c1-2-15(9-16)8-12(17)14-11-5-3-4-10(6-11)7-13;1-4-5(2)3/h3-6,9H,2,7-8,13H2,1H3,(H,14,17);5H,4H2,1-3H3. The maximum atomic E-state index is 11.6. The molecule has 0 fully saturated rings. The second-order valence-corrected chi connectivity index (χ2v) is 5.42. The van der Waals surface area contributed by atoms with Gasteiger partial charge in [-0.1, -0.05) is 39.3 Å². The van der Waals surface area contributed by atoms with Crippen LogP contribution < -0.4 is 11.1 Å². The quantitative estimate of drug-likeness (QED) is 0.760. The Morgan fingerprint density at radius 1 is 1.36 bits per heavy atom. The first-order chi connectivity index (χ1) is 10.5. The predicted molar refractivity (Wildman–Crippen MR) is 91.4 cm³/mol. The molecule has 5 nitrogen and oxygen atoms in total. The van der Waals surface area contributed by atoms with Gasteiger partial charge in [0.2, 0.25) is 12.3 Å². The number of likely N-dealkylation sites (N-methyl/N-ethyl adjacent to an activating group) is 1. The summed E-state index contributed by atoms with van der Waals surface area (Å²) in [5.41, 5.74) is 7.15. The molecule has 2 amide bonds. The van der Waals surface area contributed by atoms with Crippen molar-refractivity contribution in [3.05, 3.63) is 29.8 Å². The monoisotopic (exact) mass is 307 g/mol. The Morgan fingerprint density at radius 2 is 2.00 bits per heavy atom. The zero-order chi connectivity index (χ0) is 17.0. The van der Waals surface area contributed by atoms with Crippen LogP contribution in [-0.4, -0.2) is 30.3 Å². The SMILES string of the molecule is CCC(C)C.CCN(C=O)CC(=O)Nc1cccc(CN)c1. The van der Waals surface area contributed by atoms with Gasteiger partial charge in [-0.25, -0.2) is 0 Å². The van der Waals surface area contributed by atoms with Crippen LogP contribution in [0.25, 0.3) is 0 Å². The van der Waals surface area contributed by atoms with Crippen LogP contribution in [0.2, 0.25) is 0 Å². The minimum atomic E-state index is -0.215. The molecule has 0 bridgehead atoms. The Bertz CT molecular complexity index is 447. The molecule has 1 aromatic carbocycles. The van der Waals surface area contributed by atoms with Crippen LogP contribution in [0.5, 0.6) is 0 Å². The maximum absolute atomic E-state index is 11.6. The molecule has 0 radical (unpaired) electrons. The molecule has 3 N–H and O–H groups in total. The van der Waals surface area contributed by atoms with Crippen molar-refractivity contribution in [2.24, 2.45) is 11.7 Å². The van der Waals surface area contributed by atoms with Gasteiger partial charge in [0.1, 0.15) is 0 Å². The number of amides is 2. The third kappa shape index (κ3) is 9.13. The first-order valence-electron chi connectivity index (χ1n) is 7.74. The van der Waals surface area contributed by atoms with E-state index >= 15 is 0 Å². The molecule has 0 saturated carbocycles. The van der Waals surface area contributed by atoms with Gasteiger partial charge in [0.15, 0.2) is 0 Å². The summed E-state index contributed by atoms with van der Waals surface area (Å²) < 4.78 is 0. The summed E-state index contributed by atoms with van der Waals surface area (Å²) in [4.78, 5) is 23.5. The average Bonchev–Trinajstić information content (AvgIpc) is 2.53. The molecule has 22 heavy (non-hydrogen) atoms. The van der Waals surface area contributed by atoms with E-state index in [0.717, 1.165) is 11.5 Å². The second kappa shape index (κ2) is 11.7. The number of nitrogens with one attached hydrogen (secondary N) is 1. The molecule has 0 atom stereocenters. The van der Waals surface area contributed by atoms with Gasteiger partial charge in [0.25, 0.3) is 0 Å². The Kier molecular flexibility index (Phi) is 10.7. The van der Waals surface area contributed by atoms with Crippen molar-refractivity contribution in [1.29, 1.82) is 0 Å². The number of hydrogen-bond donors (Lipinski definition) is 2. The molecule has 0 spiro atoms. The van der Waals surface area contributed by atoms with Crippen LogP contribution in [0.3, 0.4) is 0 Å². The number of rotatable bonds is 7. The summed E-state index contributed by atoms with van der Waals surface area (Å²) in [6.45, 7) is 9.47. The summed E-state index contributed by atoms with van der Waals surface area (Å²) in [5.74, 6) is 0.670. The molecule has 5 heteroatoms. The van der Waals surface area contributed by atoms with Crippen molar-refractivity contribution in [2.45, 2.75) is 40.7 Å². The van der Waals surface area contributed by atoms with Gasteiger partial charge >= 0.3 is 0 Å². The number of nitrogens with zero attached hydrogens (tertiary/aromatic N) is 1. The molecule has 0 saturated heterocycles. The van der Waals surface area contributed by atoms with E-state index in [-0.39, 0.29) is 12.5 Å². The van der Waals surface area contributed by atoms with Crippen LogP contribution in [-0.2, 0) is 16.1 Å². The van der Waals surface area contributed by atoms with E-state index in [0.29, 0.717) is 25.2 Å². The molecule has 0 aliphatic rings. The Balaban J connectivity index is 0.000000763. The second-order valence-electron chi connectivity index (χ2n) is 5.42. The van der Waals surface area contributed by atoms with Gasteiger partial charge in [-0.3, -0.25) is 9.59 Å². The van der Waals surface area contributed by atoms with Crippen molar-refractivity contribution in [2.75, 3.05) is 18.4 Å². The number of anilines is 1. The lowest BCUT2D eigenvalue weighted by Crippen LogP contribution is -2.32. The van der Waals surface area contributed by atoms with Crippen molar-refractivity contribution < 1.29 is 9.59 Å². The van der Waals surface area contributed by atoms with Crippen molar-refractivity contribution >= 4 is 18.0 Å². The van der Waals surface area contributed by atoms with E-state index in [9.17, 15) is 9.59 Å². The van der Waals surface area contributed by atoms with Gasteiger partial charge in [0, 0.05) is 18.8 Å². The smallest absolute Gasteiger partial charge is 0.243 e. The highest BCUT2D eigenvalue weighted by Crippen LogP contribution is 2.09. The number of nitrogens with two attached hydrogens (primary N) is 1. The van der Waals surface area contributed by atoms with Crippen LogP contribution in [0.4, 0.5) is 5.69 Å². The number of hydrogen-bond acceptors (Lipinski definition) is 3. The van der Waals surface area contributed by atoms with Gasteiger partial charge in [-0.05, 0) is 30.5 Å². The number of benzene rings is 1. The van der Waals surface area contributed by atoms with Crippen molar-refractivity contribution in [1.82, 2.24) is 4.90 Å². The lowest BCUT2D eigenvalue weighted by molar-refractivity contribution is -0.124. The van der Waals surface area contributed by atoms with E-state index in [2.05, 4.69) is 26.1 Å². The fraction of sp³-hybridized carbons (Fsp3) is 0.529. The fourth-order valence-corrected chi connectivity index (χ4v) is 1.38. The third-order valence-electron chi connectivity index (χ3n) is 3.16. The topological polar surface area (TPSA) is 75.4 Å². The van der Waals surface area contributed by atoms with Gasteiger partial charge in [-0.2, -0.15) is 0 Å². The van der Waals surface area contributed by atoms with Crippen molar-refractivity contribution in [3.63, 3.8) is 0 Å². The predicted octanol–water partition coefficient (Wildman–Crippen LogP) is 2.61. The van der Waals surface area contributed by atoms with E-state index in [4.69, 9.17) is 5.73 Å². The lowest BCUT2D eigenvalue weighted by atomic mass is 10.2. The minimum Gasteiger partial charge on any atom is -0.336 e. The highest BCUT2D eigenvalue weighted by molar-refractivity contribution is 5.93. The van der Waals surface area contributed by atoms with Gasteiger partial charge in [0.05, 0.1) is 6.54 Å². The highest BCUT2D eigenvalue weighted by atomic mass is 16.2. The highest BCUT2D eigenvalue weighted by Gasteiger charge is 2.07. The molecule has 0 aliphatic heterocycles. The molecule has 0 aliphatic carbocycles. The largest absolute Gasteiger partial charge is 0.336 e. The van der Waals surface area contributed by atoms with E-state index in [1.807, 2.05) is 25.1 Å². The third-order valence-corrected chi connectivity index (χ3v) is 3.16. The fourth-order valence-electron chi connectivity index (χ4n) is 1.38. The summed E-state index contributed by atoms with van der Waals surface area (Å²) in [5, 5.41) is 2.72. The minimum absolute atomic E-state index is 0.0624. The van der Waals surface area contributed by atoms with Crippen LogP contribution in [0.15, 0.2) is 24.3 Å². The van der Waals surface area contributed by atoms with Crippen molar-refractivity contribution in [3.8, 4) is 0 Å². The van der Waals surface area contributed by atoms with E-state index < -0.39 is 0 Å². The molecule has 0 aromatic heterocycles. The van der Waals surface area contributed by atoms with E-state index in [1.165, 1.54) is 11.3 Å². The lowest BCUT2D eigenvalue weighted by Gasteiger charge is -2.14. The Morgan fingerprint density at radius 3 is 2.45 bits per heavy atom. The zero-order valence-corrected chi connectivity index (χ0v) is 14.1. The maximum Gasteiger partial charge on any atom is 0.243 e. The van der Waals surface area contributed by atoms with Gasteiger partial charge in [-0.15, -0.1) is 0 Å². The van der Waals surface area contributed by atoms with Gasteiger partial charge < -0.3 is 16.0 Å². The molecule has 0 unspecified atom stereocenters. The molecule has 1 aromatic rings. The average molecular weight is 307 g/mol.